The van der Waals surface area contributed by atoms with Crippen molar-refractivity contribution < 1.29 is 0 Å². The monoisotopic (exact) mass is 206 g/mol. The van der Waals surface area contributed by atoms with E-state index in [2.05, 4.69) is 20.8 Å². The van der Waals surface area contributed by atoms with Crippen molar-refractivity contribution in [2.45, 2.75) is 52.9 Å². The molecule has 15 heavy (non-hydrogen) atoms. The van der Waals surface area contributed by atoms with Gasteiger partial charge in [0.15, 0.2) is 0 Å². The lowest BCUT2D eigenvalue weighted by Crippen LogP contribution is -2.31. The second-order valence-corrected chi connectivity index (χ2v) is 6.97. The lowest BCUT2D eigenvalue weighted by Gasteiger charge is -2.37. The van der Waals surface area contributed by atoms with E-state index in [0.29, 0.717) is 0 Å². The Labute approximate surface area is 94.8 Å². The summed E-state index contributed by atoms with van der Waals surface area (Å²) in [6.07, 6.45) is 7.81. The van der Waals surface area contributed by atoms with Gasteiger partial charge in [-0.05, 0) is 67.1 Å². The van der Waals surface area contributed by atoms with Crippen LogP contribution in [0.4, 0.5) is 0 Å². The zero-order chi connectivity index (χ0) is 10.6. The summed E-state index contributed by atoms with van der Waals surface area (Å²) >= 11 is 0. The van der Waals surface area contributed by atoms with Crippen LogP contribution >= 0.6 is 0 Å². The van der Waals surface area contributed by atoms with Crippen LogP contribution < -0.4 is 0 Å². The molecule has 0 aromatic rings. The standard InChI is InChI=1S/C15H26/c1-9(2)7-13-10(3)14-8-15(13)12-6-4-5-11(12)14/h9-15H,4-8H2,1-3H3. The van der Waals surface area contributed by atoms with Crippen LogP contribution in [-0.4, -0.2) is 0 Å². The number of rotatable bonds is 2. The molecule has 0 N–H and O–H groups in total. The summed E-state index contributed by atoms with van der Waals surface area (Å²) in [4.78, 5) is 0. The van der Waals surface area contributed by atoms with E-state index in [1.807, 2.05) is 0 Å². The lowest BCUT2D eigenvalue weighted by atomic mass is 9.68. The van der Waals surface area contributed by atoms with E-state index < -0.39 is 0 Å². The average molecular weight is 206 g/mol. The third-order valence-corrected chi connectivity index (χ3v) is 5.91. The first-order valence-corrected chi connectivity index (χ1v) is 7.18. The first-order chi connectivity index (χ1) is 7.18. The van der Waals surface area contributed by atoms with Gasteiger partial charge in [-0.3, -0.25) is 0 Å². The smallest absolute Gasteiger partial charge is 0.0349 e. The van der Waals surface area contributed by atoms with E-state index in [9.17, 15) is 0 Å². The van der Waals surface area contributed by atoms with Gasteiger partial charge in [-0.25, -0.2) is 0 Å². The van der Waals surface area contributed by atoms with Crippen LogP contribution in [-0.2, 0) is 0 Å². The highest BCUT2D eigenvalue weighted by Crippen LogP contribution is 2.64. The largest absolute Gasteiger partial charge is 0.0628 e. The second kappa shape index (κ2) is 3.50. The molecule has 2 bridgehead atoms. The molecule has 86 valence electrons. The fourth-order valence-corrected chi connectivity index (χ4v) is 5.48. The summed E-state index contributed by atoms with van der Waals surface area (Å²) in [5.74, 6) is 7.65. The average Bonchev–Trinajstić information content (AvgIpc) is 2.77. The van der Waals surface area contributed by atoms with Gasteiger partial charge < -0.3 is 0 Å². The Kier molecular flexibility index (Phi) is 2.37. The van der Waals surface area contributed by atoms with E-state index in [1.165, 1.54) is 6.42 Å². The predicted molar refractivity (Wildman–Crippen MR) is 64.5 cm³/mol. The van der Waals surface area contributed by atoms with Crippen molar-refractivity contribution in [1.29, 1.82) is 0 Å². The summed E-state index contributed by atoms with van der Waals surface area (Å²) in [5.41, 5.74) is 0. The molecule has 0 aromatic heterocycles. The SMILES string of the molecule is CC(C)CC1C(C)C2CC1C1CCCC21. The van der Waals surface area contributed by atoms with Gasteiger partial charge in [-0.1, -0.05) is 27.2 Å². The molecule has 0 saturated heterocycles. The molecule has 0 heterocycles. The van der Waals surface area contributed by atoms with E-state index in [1.54, 1.807) is 25.7 Å². The van der Waals surface area contributed by atoms with Crippen LogP contribution in [0, 0.1) is 41.4 Å². The molecule has 3 aliphatic rings. The summed E-state index contributed by atoms with van der Waals surface area (Å²) < 4.78 is 0. The molecular formula is C15H26. The van der Waals surface area contributed by atoms with Crippen molar-refractivity contribution in [3.63, 3.8) is 0 Å². The zero-order valence-electron chi connectivity index (χ0n) is 10.6. The Morgan fingerprint density at radius 2 is 1.67 bits per heavy atom. The van der Waals surface area contributed by atoms with Crippen LogP contribution in [0.5, 0.6) is 0 Å². The van der Waals surface area contributed by atoms with Crippen molar-refractivity contribution in [2.24, 2.45) is 41.4 Å². The van der Waals surface area contributed by atoms with E-state index in [4.69, 9.17) is 0 Å². The summed E-state index contributed by atoms with van der Waals surface area (Å²) in [7, 11) is 0. The van der Waals surface area contributed by atoms with Crippen LogP contribution in [0.25, 0.3) is 0 Å². The first-order valence-electron chi connectivity index (χ1n) is 7.18. The van der Waals surface area contributed by atoms with Gasteiger partial charge in [-0.15, -0.1) is 0 Å². The minimum absolute atomic E-state index is 0.914. The maximum absolute atomic E-state index is 2.56. The quantitative estimate of drug-likeness (QED) is 0.630. The maximum atomic E-state index is 2.56. The first kappa shape index (κ1) is 10.2. The zero-order valence-corrected chi connectivity index (χ0v) is 10.6. The molecule has 3 saturated carbocycles. The molecule has 0 aliphatic heterocycles. The van der Waals surface area contributed by atoms with E-state index in [-0.39, 0.29) is 0 Å². The fraction of sp³-hybridized carbons (Fsp3) is 1.00. The molecule has 0 radical (unpaired) electrons. The second-order valence-electron chi connectivity index (χ2n) is 6.97. The van der Waals surface area contributed by atoms with Crippen molar-refractivity contribution in [2.75, 3.05) is 0 Å². The van der Waals surface area contributed by atoms with Gasteiger partial charge in [0.05, 0.1) is 0 Å². The Balaban J connectivity index is 1.77. The topological polar surface area (TPSA) is 0 Å². The Morgan fingerprint density at radius 3 is 2.33 bits per heavy atom. The van der Waals surface area contributed by atoms with Crippen LogP contribution in [0.15, 0.2) is 0 Å². The fourth-order valence-electron chi connectivity index (χ4n) is 5.48. The lowest BCUT2D eigenvalue weighted by molar-refractivity contribution is 0.111. The minimum Gasteiger partial charge on any atom is -0.0628 e. The molecule has 0 amide bonds. The molecular weight excluding hydrogens is 180 g/mol. The minimum atomic E-state index is 0.914. The third-order valence-electron chi connectivity index (χ3n) is 5.91. The van der Waals surface area contributed by atoms with Crippen molar-refractivity contribution in [3.8, 4) is 0 Å². The molecule has 3 rings (SSSR count). The highest BCUT2D eigenvalue weighted by atomic mass is 14.6. The van der Waals surface area contributed by atoms with E-state index in [0.717, 1.165) is 41.4 Å². The number of fused-ring (bicyclic) bond motifs is 5. The normalized spacial score (nSPS) is 52.8. The third kappa shape index (κ3) is 1.40. The van der Waals surface area contributed by atoms with Gasteiger partial charge >= 0.3 is 0 Å². The number of hydrogen-bond acceptors (Lipinski definition) is 0. The van der Waals surface area contributed by atoms with Gasteiger partial charge in [0, 0.05) is 0 Å². The van der Waals surface area contributed by atoms with Crippen molar-refractivity contribution >= 4 is 0 Å². The van der Waals surface area contributed by atoms with Crippen molar-refractivity contribution in [3.05, 3.63) is 0 Å². The molecule has 6 unspecified atom stereocenters. The number of hydrogen-bond donors (Lipinski definition) is 0. The highest BCUT2D eigenvalue weighted by Gasteiger charge is 2.56. The highest BCUT2D eigenvalue weighted by molar-refractivity contribution is 5.05. The molecule has 6 atom stereocenters. The summed E-state index contributed by atoms with van der Waals surface area (Å²) in [6, 6.07) is 0. The predicted octanol–water partition coefficient (Wildman–Crippen LogP) is 4.35. The molecule has 3 aliphatic carbocycles. The van der Waals surface area contributed by atoms with Gasteiger partial charge in [0.1, 0.15) is 0 Å². The Bertz CT molecular complexity index is 240. The van der Waals surface area contributed by atoms with Crippen LogP contribution in [0.2, 0.25) is 0 Å². The molecule has 3 fully saturated rings. The summed E-state index contributed by atoms with van der Waals surface area (Å²) in [6.45, 7) is 7.38. The maximum Gasteiger partial charge on any atom is -0.0349 e. The van der Waals surface area contributed by atoms with Gasteiger partial charge in [0.2, 0.25) is 0 Å². The van der Waals surface area contributed by atoms with E-state index >= 15 is 0 Å². The van der Waals surface area contributed by atoms with Crippen LogP contribution in [0.3, 0.4) is 0 Å². The van der Waals surface area contributed by atoms with Crippen molar-refractivity contribution in [1.82, 2.24) is 0 Å². The molecule has 0 aromatic carbocycles. The molecule has 0 nitrogen and oxygen atoms in total. The molecule has 0 spiro atoms. The van der Waals surface area contributed by atoms with Gasteiger partial charge in [0.25, 0.3) is 0 Å². The van der Waals surface area contributed by atoms with Crippen LogP contribution in [0.1, 0.15) is 52.9 Å². The Hall–Kier alpha value is 0. The summed E-state index contributed by atoms with van der Waals surface area (Å²) in [5, 5.41) is 0. The molecule has 0 heteroatoms. The Morgan fingerprint density at radius 1 is 1.00 bits per heavy atom. The van der Waals surface area contributed by atoms with Gasteiger partial charge in [-0.2, -0.15) is 0 Å².